The third-order valence-corrected chi connectivity index (χ3v) is 8.46. The number of aliphatic carboxylic acids is 2. The molecule has 0 radical (unpaired) electrons. The highest BCUT2D eigenvalue weighted by atomic mass is 16.4. The van der Waals surface area contributed by atoms with E-state index in [9.17, 15) is 19.2 Å². The molecule has 0 unspecified atom stereocenters. The Bertz CT molecular complexity index is 2140. The van der Waals surface area contributed by atoms with E-state index in [2.05, 4.69) is 72.8 Å². The van der Waals surface area contributed by atoms with Crippen molar-refractivity contribution < 1.29 is 29.4 Å². The van der Waals surface area contributed by atoms with Crippen LogP contribution in [0.25, 0.3) is 32.7 Å². The minimum atomic E-state index is -1.15. The maximum Gasteiger partial charge on any atom is 0.328 e. The lowest BCUT2D eigenvalue weighted by molar-refractivity contribution is -0.132. The van der Waals surface area contributed by atoms with E-state index < -0.39 is 11.9 Å². The van der Waals surface area contributed by atoms with Gasteiger partial charge in [0.2, 0.25) is 0 Å². The number of ketones is 2. The quantitative estimate of drug-likeness (QED) is 0.102. The van der Waals surface area contributed by atoms with Crippen LogP contribution in [0.3, 0.4) is 0 Å². The van der Waals surface area contributed by atoms with Crippen LogP contribution in [0.5, 0.6) is 0 Å². The minimum Gasteiger partial charge on any atom is -0.478 e. The maximum atomic E-state index is 12.2. The number of carbonyl (C=O) groups excluding carboxylic acids is 2. The Labute approximate surface area is 283 Å². The van der Waals surface area contributed by atoms with Crippen molar-refractivity contribution in [1.29, 1.82) is 0 Å². The third-order valence-electron chi connectivity index (χ3n) is 8.46. The predicted molar refractivity (Wildman–Crippen MR) is 192 cm³/mol. The molecule has 0 atom stereocenters. The van der Waals surface area contributed by atoms with Gasteiger partial charge in [-0.15, -0.1) is 0 Å². The van der Waals surface area contributed by atoms with Gasteiger partial charge in [0.15, 0.2) is 11.6 Å². The average Bonchev–Trinajstić information content (AvgIpc) is 3.10. The third kappa shape index (κ3) is 8.13. The van der Waals surface area contributed by atoms with Gasteiger partial charge in [0, 0.05) is 30.9 Å². The van der Waals surface area contributed by atoms with Gasteiger partial charge in [0.1, 0.15) is 0 Å². The molecule has 6 rings (SSSR count). The molecule has 0 spiro atoms. The van der Waals surface area contributed by atoms with Crippen molar-refractivity contribution in [3.8, 4) is 11.1 Å². The van der Waals surface area contributed by atoms with Gasteiger partial charge in [-0.2, -0.15) is 0 Å². The maximum absolute atomic E-state index is 12.2. The van der Waals surface area contributed by atoms with Crippen LogP contribution in [0.15, 0.2) is 152 Å². The zero-order chi connectivity index (χ0) is 34.3. The first-order valence-corrected chi connectivity index (χ1v) is 15.8. The lowest BCUT2D eigenvalue weighted by Crippen LogP contribution is -2.04. The number of hydrogen-bond acceptors (Lipinski definition) is 4. The number of hydrogen-bond donors (Lipinski definition) is 2. The van der Waals surface area contributed by atoms with Gasteiger partial charge in [0.05, 0.1) is 0 Å². The smallest absolute Gasteiger partial charge is 0.328 e. The van der Waals surface area contributed by atoms with Gasteiger partial charge in [0.25, 0.3) is 0 Å². The standard InChI is InChI=1S/C43H32O6/c44-39(18-20-41(46)47)24-28-6-8-35-26-37(16-14-33(35)22-28)43(32-12-10-31(11-13-32)30-4-2-1-3-5-30)38-17-15-34-23-29(7-9-36(34)27-38)25-40(45)19-21-42(48)49/h1-23,26-27,43H,24-25H2,(H,46,47)(H,48,49)/b20-18+,21-19+. The van der Waals surface area contributed by atoms with Crippen LogP contribution in [-0.4, -0.2) is 33.7 Å². The SMILES string of the molecule is O=C(O)/C=C/C(=O)Cc1ccc2cc(C(c3ccc(-c4ccccc4)cc3)c3ccc4cc(CC(=O)/C=C/C(=O)O)ccc4c3)ccc2c1. The number of rotatable bonds is 12. The van der Waals surface area contributed by atoms with E-state index in [-0.39, 0.29) is 30.3 Å². The second-order valence-corrected chi connectivity index (χ2v) is 11.9. The zero-order valence-electron chi connectivity index (χ0n) is 26.5. The van der Waals surface area contributed by atoms with E-state index >= 15 is 0 Å². The molecule has 0 saturated carbocycles. The van der Waals surface area contributed by atoms with E-state index in [0.717, 1.165) is 84.8 Å². The van der Waals surface area contributed by atoms with Gasteiger partial charge in [-0.25, -0.2) is 9.59 Å². The number of benzene rings is 6. The summed E-state index contributed by atoms with van der Waals surface area (Å²) in [5.74, 6) is -2.95. The fourth-order valence-corrected chi connectivity index (χ4v) is 6.13. The molecule has 0 aliphatic heterocycles. The Morgan fingerprint density at radius 3 is 1.33 bits per heavy atom. The van der Waals surface area contributed by atoms with Crippen molar-refractivity contribution in [2.24, 2.45) is 0 Å². The average molecular weight is 645 g/mol. The van der Waals surface area contributed by atoms with E-state index in [1.165, 1.54) is 0 Å². The van der Waals surface area contributed by atoms with Crippen molar-refractivity contribution in [1.82, 2.24) is 0 Å². The second kappa shape index (κ2) is 14.6. The molecular formula is C43H32O6. The number of allylic oxidation sites excluding steroid dienone is 2. The van der Waals surface area contributed by atoms with Crippen LogP contribution in [0, 0.1) is 0 Å². The van der Waals surface area contributed by atoms with Gasteiger partial charge in [-0.3, -0.25) is 9.59 Å². The van der Waals surface area contributed by atoms with Gasteiger partial charge < -0.3 is 10.2 Å². The molecule has 0 aliphatic carbocycles. The van der Waals surface area contributed by atoms with Crippen LogP contribution >= 0.6 is 0 Å². The molecule has 49 heavy (non-hydrogen) atoms. The Balaban J connectivity index is 1.36. The van der Waals surface area contributed by atoms with Crippen LogP contribution in [0.4, 0.5) is 0 Å². The predicted octanol–water partition coefficient (Wildman–Crippen LogP) is 8.35. The largest absolute Gasteiger partial charge is 0.478 e. The highest BCUT2D eigenvalue weighted by molar-refractivity contribution is 5.98. The molecule has 6 aromatic carbocycles. The molecule has 0 amide bonds. The lowest BCUT2D eigenvalue weighted by Gasteiger charge is -2.21. The molecule has 0 bridgehead atoms. The van der Waals surface area contributed by atoms with E-state index in [1.807, 2.05) is 54.6 Å². The molecule has 6 aromatic rings. The Morgan fingerprint density at radius 1 is 0.449 bits per heavy atom. The summed E-state index contributed by atoms with van der Waals surface area (Å²) in [7, 11) is 0. The number of carboxylic acids is 2. The molecular weight excluding hydrogens is 612 g/mol. The summed E-state index contributed by atoms with van der Waals surface area (Å²) in [4.78, 5) is 46.1. The van der Waals surface area contributed by atoms with Gasteiger partial charge >= 0.3 is 11.9 Å². The molecule has 6 heteroatoms. The van der Waals surface area contributed by atoms with E-state index in [0.29, 0.717) is 0 Å². The summed E-state index contributed by atoms with van der Waals surface area (Å²) >= 11 is 0. The summed E-state index contributed by atoms with van der Waals surface area (Å²) in [5.41, 5.74) is 7.20. The van der Waals surface area contributed by atoms with Gasteiger partial charge in [-0.1, -0.05) is 127 Å². The Morgan fingerprint density at radius 2 is 0.857 bits per heavy atom. The number of carbonyl (C=O) groups is 4. The molecule has 0 heterocycles. The topological polar surface area (TPSA) is 109 Å². The normalized spacial score (nSPS) is 11.5. The molecule has 0 aromatic heterocycles. The van der Waals surface area contributed by atoms with Crippen LogP contribution in [-0.2, 0) is 32.0 Å². The van der Waals surface area contributed by atoms with Crippen molar-refractivity contribution in [3.05, 3.63) is 180 Å². The summed E-state index contributed by atoms with van der Waals surface area (Å²) in [6.45, 7) is 0. The summed E-state index contributed by atoms with van der Waals surface area (Å²) in [6, 6.07) is 43.2. The lowest BCUT2D eigenvalue weighted by atomic mass is 9.83. The molecule has 0 saturated heterocycles. The molecule has 0 fully saturated rings. The Kier molecular flexibility index (Phi) is 9.68. The first-order chi connectivity index (χ1) is 23.7. The highest BCUT2D eigenvalue weighted by Crippen LogP contribution is 2.36. The minimum absolute atomic E-state index is 0.0940. The summed E-state index contributed by atoms with van der Waals surface area (Å²) in [5, 5.41) is 21.7. The highest BCUT2D eigenvalue weighted by Gasteiger charge is 2.19. The van der Waals surface area contributed by atoms with Crippen LogP contribution in [0.1, 0.15) is 33.7 Å². The fourth-order valence-electron chi connectivity index (χ4n) is 6.13. The van der Waals surface area contributed by atoms with Gasteiger partial charge in [-0.05, 0) is 72.6 Å². The number of carboxylic acid groups (broad SMARTS) is 2. The first kappa shape index (κ1) is 32.5. The van der Waals surface area contributed by atoms with Crippen molar-refractivity contribution in [2.45, 2.75) is 18.8 Å². The summed E-state index contributed by atoms with van der Waals surface area (Å²) < 4.78 is 0. The Hall–Kier alpha value is -6.40. The fraction of sp³-hybridized carbons (Fsp3) is 0.0698. The summed E-state index contributed by atoms with van der Waals surface area (Å²) in [6.07, 6.45) is 4.13. The van der Waals surface area contributed by atoms with E-state index in [1.54, 1.807) is 0 Å². The molecule has 240 valence electrons. The molecule has 6 nitrogen and oxygen atoms in total. The number of fused-ring (bicyclic) bond motifs is 2. The van der Waals surface area contributed by atoms with Crippen LogP contribution < -0.4 is 0 Å². The van der Waals surface area contributed by atoms with Crippen LogP contribution in [0.2, 0.25) is 0 Å². The first-order valence-electron chi connectivity index (χ1n) is 15.8. The van der Waals surface area contributed by atoms with Crippen molar-refractivity contribution >= 4 is 45.0 Å². The molecule has 2 N–H and O–H groups in total. The van der Waals surface area contributed by atoms with Crippen molar-refractivity contribution in [3.63, 3.8) is 0 Å². The van der Waals surface area contributed by atoms with E-state index in [4.69, 9.17) is 10.2 Å². The monoisotopic (exact) mass is 644 g/mol. The zero-order valence-corrected chi connectivity index (χ0v) is 26.5. The molecule has 0 aliphatic rings. The second-order valence-electron chi connectivity index (χ2n) is 11.9. The van der Waals surface area contributed by atoms with Crippen molar-refractivity contribution in [2.75, 3.05) is 0 Å².